The third-order valence-corrected chi connectivity index (χ3v) is 24.5. The van der Waals surface area contributed by atoms with Crippen LogP contribution in [0.5, 0.6) is 0 Å². The lowest BCUT2D eigenvalue weighted by Crippen LogP contribution is -2.53. The van der Waals surface area contributed by atoms with Crippen LogP contribution in [0.15, 0.2) is 516 Å². The van der Waals surface area contributed by atoms with E-state index in [0.717, 1.165) is 124 Å². The smallest absolute Gasteiger partial charge is 0.360 e. The molecule has 0 fully saturated rings. The fourth-order valence-electron chi connectivity index (χ4n) is 18.3. The second-order valence-corrected chi connectivity index (χ2v) is 33.0. The summed E-state index contributed by atoms with van der Waals surface area (Å²) in [5, 5.41) is 0. The molecule has 0 radical (unpaired) electrons. The van der Waals surface area contributed by atoms with Crippen LogP contribution in [0.2, 0.25) is 0 Å². The summed E-state index contributed by atoms with van der Waals surface area (Å²) in [5.74, 6) is 4.57. The van der Waals surface area contributed by atoms with Gasteiger partial charge in [-0.05, 0) is 144 Å². The number of para-hydroxylation sites is 9. The van der Waals surface area contributed by atoms with Gasteiger partial charge in [-0.25, -0.2) is 39.9 Å². The second kappa shape index (κ2) is 38.0. The Kier molecular flexibility index (Phi) is 23.3. The van der Waals surface area contributed by atoms with Gasteiger partial charge in [-0.15, -0.1) is 0 Å². The van der Waals surface area contributed by atoms with E-state index in [1.807, 2.05) is 158 Å². The second-order valence-electron chi connectivity index (χ2n) is 33.0. The fraction of sp³-hybridized carbons (Fsp3) is 0. The summed E-state index contributed by atoms with van der Waals surface area (Å²) in [5.41, 5.74) is 27.7. The van der Waals surface area contributed by atoms with Gasteiger partial charge in [0.2, 0.25) is 0 Å². The van der Waals surface area contributed by atoms with Gasteiger partial charge in [0.15, 0.2) is 40.8 Å². The van der Waals surface area contributed by atoms with Crippen LogP contribution in [-0.2, 0) is 0 Å². The first-order chi connectivity index (χ1) is 67.0. The Hall–Kier alpha value is -17.9. The fourth-order valence-corrected chi connectivity index (χ4v) is 18.3. The lowest BCUT2D eigenvalue weighted by molar-refractivity contribution is 1.07. The van der Waals surface area contributed by atoms with Crippen molar-refractivity contribution in [2.75, 3.05) is 28.9 Å². The van der Waals surface area contributed by atoms with E-state index < -0.39 is 0 Å². The maximum absolute atomic E-state index is 5.11. The zero-order valence-corrected chi connectivity index (χ0v) is 73.6. The van der Waals surface area contributed by atoms with E-state index in [-0.39, 0.29) is 20.9 Å². The van der Waals surface area contributed by atoms with Gasteiger partial charge in [0.25, 0.3) is 0 Å². The molecule has 24 rings (SSSR count). The number of anilines is 12. The summed E-state index contributed by atoms with van der Waals surface area (Å²) >= 11 is 0. The number of hydrogen-bond donors (Lipinski definition) is 0. The third kappa shape index (κ3) is 17.1. The highest BCUT2D eigenvalue weighted by atomic mass is 15.3. The van der Waals surface area contributed by atoms with Gasteiger partial charge in [-0.2, -0.15) is 0 Å². The molecule has 0 bridgehead atoms. The average Bonchev–Trinajstić information content (AvgIpc) is 1.59. The normalized spacial score (nSPS) is 12.3. The molecule has 3 aliphatic heterocycles. The Morgan fingerprint density at radius 2 is 0.304 bits per heavy atom. The Bertz CT molecular complexity index is 7160. The highest BCUT2D eigenvalue weighted by Crippen LogP contribution is 2.51. The standard InChI is InChI=1S/C40H29BN4.2C39H28BN5/c1-5-16-30(17-6-1)36-29-37(31-18-7-2-8-19-31)43-40(42-36)32-20-15-25-35(28-32)45-39-27-14-13-26-38(39)44(34-23-11-4-12-24-34)41(45)33-21-9-3-10-22-33;1-5-16-29(17-6-1)37-41-38(30-18-7-2-8-19-30)43-39(42-37)31-20-15-25-34(28-31)45-36-27-14-13-26-35(36)44(33-23-11-4-12-24-33)40(45)32-21-9-3-10-22-32;1-5-15-29(16-6-1)37-41-38(30-17-7-2-8-18-30)43-39(42-37)31-25-27-34(28-26-31)45-36-24-14-13-23-35(36)44(33-21-11-4-12-22-33)40(45)32-19-9-3-10-20-32/h1-29H;2*1-28H. The molecule has 0 N–H and O–H groups in total. The molecule has 636 valence electrons. The molecule has 3 aromatic heterocycles. The molecule has 21 aromatic rings. The number of rotatable bonds is 18. The molecule has 0 unspecified atom stereocenters. The van der Waals surface area contributed by atoms with Crippen molar-refractivity contribution in [3.05, 3.63) is 516 Å². The molecule has 3 aliphatic rings. The van der Waals surface area contributed by atoms with Crippen LogP contribution < -0.4 is 45.3 Å². The summed E-state index contributed by atoms with van der Waals surface area (Å²) in [6.45, 7) is -0.250. The summed E-state index contributed by atoms with van der Waals surface area (Å²) in [7, 11) is 0. The highest BCUT2D eigenvalue weighted by molar-refractivity contribution is 6.86. The van der Waals surface area contributed by atoms with E-state index in [0.29, 0.717) is 40.8 Å². The molecule has 14 nitrogen and oxygen atoms in total. The van der Waals surface area contributed by atoms with Crippen LogP contribution >= 0.6 is 0 Å². The topological polar surface area (TPSA) is 123 Å². The van der Waals surface area contributed by atoms with Crippen molar-refractivity contribution in [3.8, 4) is 102 Å². The first-order valence-corrected chi connectivity index (χ1v) is 45.4. The zero-order valence-electron chi connectivity index (χ0n) is 73.6. The van der Waals surface area contributed by atoms with Crippen molar-refractivity contribution in [3.63, 3.8) is 0 Å². The van der Waals surface area contributed by atoms with Gasteiger partial charge in [-0.3, -0.25) is 0 Å². The minimum absolute atomic E-state index is 0.0663. The Labute approximate surface area is 786 Å². The van der Waals surface area contributed by atoms with Crippen LogP contribution in [0.4, 0.5) is 68.2 Å². The number of nitrogens with zero attached hydrogens (tertiary/aromatic N) is 14. The first-order valence-electron chi connectivity index (χ1n) is 45.4. The molecule has 17 heteroatoms. The first kappa shape index (κ1) is 82.7. The number of aromatic nitrogens is 8. The van der Waals surface area contributed by atoms with E-state index in [1.165, 1.54) is 22.1 Å². The molecule has 18 aromatic carbocycles. The van der Waals surface area contributed by atoms with Crippen molar-refractivity contribution in [1.82, 2.24) is 39.9 Å². The number of fused-ring (bicyclic) bond motifs is 3. The summed E-state index contributed by atoms with van der Waals surface area (Å²) in [6, 6.07) is 179. The van der Waals surface area contributed by atoms with E-state index >= 15 is 0 Å². The van der Waals surface area contributed by atoms with Gasteiger partial charge >= 0.3 is 20.9 Å². The molecular formula is C118H85B3N14. The van der Waals surface area contributed by atoms with E-state index in [1.54, 1.807) is 0 Å². The van der Waals surface area contributed by atoms with Crippen LogP contribution in [0.1, 0.15) is 0 Å². The van der Waals surface area contributed by atoms with Crippen molar-refractivity contribution < 1.29 is 0 Å². The Balaban J connectivity index is 0.000000118. The van der Waals surface area contributed by atoms with E-state index in [4.69, 9.17) is 39.9 Å². The van der Waals surface area contributed by atoms with E-state index in [2.05, 4.69) is 387 Å². The van der Waals surface area contributed by atoms with Crippen LogP contribution in [-0.4, -0.2) is 60.8 Å². The van der Waals surface area contributed by atoms with Gasteiger partial charge in [-0.1, -0.05) is 388 Å². The maximum atomic E-state index is 5.11. The minimum atomic E-state index is -0.0978. The van der Waals surface area contributed by atoms with Crippen LogP contribution in [0, 0.1) is 0 Å². The van der Waals surface area contributed by atoms with Gasteiger partial charge in [0.05, 0.1) is 45.5 Å². The van der Waals surface area contributed by atoms with Crippen LogP contribution in [0.3, 0.4) is 0 Å². The van der Waals surface area contributed by atoms with E-state index in [9.17, 15) is 0 Å². The quantitative estimate of drug-likeness (QED) is 0.0757. The predicted octanol–water partition coefficient (Wildman–Crippen LogP) is 26.3. The van der Waals surface area contributed by atoms with Gasteiger partial charge in [0.1, 0.15) is 0 Å². The molecule has 0 spiro atoms. The number of hydrogen-bond acceptors (Lipinski definition) is 14. The zero-order chi connectivity index (χ0) is 90.0. The Morgan fingerprint density at radius 3 is 0.563 bits per heavy atom. The molecule has 0 atom stereocenters. The summed E-state index contributed by atoms with van der Waals surface area (Å²) < 4.78 is 0. The molecule has 135 heavy (non-hydrogen) atoms. The molecule has 0 aliphatic carbocycles. The predicted molar refractivity (Wildman–Crippen MR) is 558 cm³/mol. The SMILES string of the molecule is c1ccc(B2N(c3ccccc3)c3ccccc3N2c2ccc(-c3nc(-c4ccccc4)nc(-c4ccccc4)n3)cc2)cc1.c1ccc(B2N(c3ccccc3)c3ccccc3N2c2cccc(-c3nc(-c4ccccc4)cc(-c4ccccc4)n3)c2)cc1.c1ccc(B2N(c3ccccc3)c3ccccc3N2c2cccc(-c3nc(-c4ccccc4)nc(-c4ccccc4)n3)c2)cc1. The Morgan fingerprint density at radius 1 is 0.126 bits per heavy atom. The minimum Gasteiger partial charge on any atom is -0.360 e. The lowest BCUT2D eigenvalue weighted by Gasteiger charge is -2.30. The molecule has 0 amide bonds. The average molecular weight is 1730 g/mol. The lowest BCUT2D eigenvalue weighted by atomic mass is 9.64. The molecule has 6 heterocycles. The largest absolute Gasteiger partial charge is 0.420 e. The summed E-state index contributed by atoms with van der Waals surface area (Å²) in [4.78, 5) is 54.4. The van der Waals surface area contributed by atoms with Gasteiger partial charge < -0.3 is 28.9 Å². The van der Waals surface area contributed by atoms with Crippen LogP contribution in [0.25, 0.3) is 102 Å². The highest BCUT2D eigenvalue weighted by Gasteiger charge is 2.47. The van der Waals surface area contributed by atoms with Crippen molar-refractivity contribution in [1.29, 1.82) is 0 Å². The van der Waals surface area contributed by atoms with Gasteiger partial charge in [0, 0.05) is 84.2 Å². The third-order valence-electron chi connectivity index (χ3n) is 24.5. The molecule has 0 saturated heterocycles. The number of benzene rings is 18. The summed E-state index contributed by atoms with van der Waals surface area (Å²) in [6.07, 6.45) is 0. The van der Waals surface area contributed by atoms with Crippen molar-refractivity contribution in [2.45, 2.75) is 0 Å². The monoisotopic (exact) mass is 1730 g/mol. The maximum Gasteiger partial charge on any atom is 0.420 e. The van der Waals surface area contributed by atoms with Crippen molar-refractivity contribution in [2.24, 2.45) is 0 Å². The molecule has 0 saturated carbocycles. The van der Waals surface area contributed by atoms with Crippen molar-refractivity contribution >= 4 is 106 Å². The molecular weight excluding hydrogens is 1650 g/mol.